The molecule has 0 aromatic heterocycles. The zero-order chi connectivity index (χ0) is 13.8. The molecule has 0 aromatic rings. The zero-order valence-electron chi connectivity index (χ0n) is 11.6. The van der Waals surface area contributed by atoms with Gasteiger partial charge in [-0.25, -0.2) is 0 Å². The second-order valence-corrected chi connectivity index (χ2v) is 5.38. The molecule has 0 saturated carbocycles. The molecular formula is C13H25F3N2. The van der Waals surface area contributed by atoms with Crippen LogP contribution in [0.15, 0.2) is 0 Å². The maximum absolute atomic E-state index is 12.2. The van der Waals surface area contributed by atoms with Crippen LogP contribution >= 0.6 is 0 Å². The molecule has 1 aliphatic heterocycles. The first kappa shape index (κ1) is 15.8. The molecule has 0 aromatic carbocycles. The summed E-state index contributed by atoms with van der Waals surface area (Å²) in [6.07, 6.45) is -2.53. The van der Waals surface area contributed by atoms with Gasteiger partial charge in [-0.1, -0.05) is 13.8 Å². The Morgan fingerprint density at radius 3 is 2.39 bits per heavy atom. The van der Waals surface area contributed by atoms with Gasteiger partial charge in [0.05, 0.1) is 0 Å². The van der Waals surface area contributed by atoms with Crippen molar-refractivity contribution in [3.8, 4) is 0 Å². The van der Waals surface area contributed by atoms with Crippen molar-refractivity contribution >= 4 is 0 Å². The Balaban J connectivity index is 2.57. The van der Waals surface area contributed by atoms with Crippen LogP contribution in [0.25, 0.3) is 0 Å². The molecule has 1 unspecified atom stereocenters. The Labute approximate surface area is 108 Å². The topological polar surface area (TPSA) is 15.3 Å². The number of hydrogen-bond acceptors (Lipinski definition) is 2. The number of halogens is 3. The Kier molecular flexibility index (Phi) is 5.46. The summed E-state index contributed by atoms with van der Waals surface area (Å²) in [6, 6.07) is 0.363. The summed E-state index contributed by atoms with van der Waals surface area (Å²) < 4.78 is 36.6. The number of hydrogen-bond donors (Lipinski definition) is 1. The lowest BCUT2D eigenvalue weighted by Crippen LogP contribution is -2.63. The van der Waals surface area contributed by atoms with Crippen LogP contribution in [-0.2, 0) is 0 Å². The second kappa shape index (κ2) is 6.24. The molecule has 108 valence electrons. The van der Waals surface area contributed by atoms with Crippen LogP contribution in [0.5, 0.6) is 0 Å². The summed E-state index contributed by atoms with van der Waals surface area (Å²) in [5.74, 6) is 0. The van der Waals surface area contributed by atoms with Crippen molar-refractivity contribution in [2.24, 2.45) is 0 Å². The van der Waals surface area contributed by atoms with E-state index in [1.807, 2.05) is 0 Å². The van der Waals surface area contributed by atoms with E-state index in [1.165, 1.54) is 0 Å². The van der Waals surface area contributed by atoms with Gasteiger partial charge in [0.25, 0.3) is 0 Å². The fourth-order valence-corrected chi connectivity index (χ4v) is 2.81. The number of nitrogens with one attached hydrogen (secondary N) is 1. The molecule has 1 heterocycles. The molecule has 0 aliphatic carbocycles. The second-order valence-electron chi connectivity index (χ2n) is 5.38. The van der Waals surface area contributed by atoms with Gasteiger partial charge in [0.1, 0.15) is 0 Å². The van der Waals surface area contributed by atoms with Gasteiger partial charge >= 0.3 is 6.18 Å². The number of nitrogens with zero attached hydrogens (tertiary/aromatic N) is 1. The molecule has 0 radical (unpaired) electrons. The molecule has 0 spiro atoms. The van der Waals surface area contributed by atoms with Crippen molar-refractivity contribution < 1.29 is 13.2 Å². The van der Waals surface area contributed by atoms with E-state index in [-0.39, 0.29) is 12.0 Å². The molecule has 1 fully saturated rings. The number of rotatable bonds is 5. The zero-order valence-corrected chi connectivity index (χ0v) is 11.6. The quantitative estimate of drug-likeness (QED) is 0.822. The van der Waals surface area contributed by atoms with E-state index in [0.717, 1.165) is 25.9 Å². The highest BCUT2D eigenvalue weighted by atomic mass is 19.4. The van der Waals surface area contributed by atoms with Crippen LogP contribution in [0.1, 0.15) is 46.5 Å². The number of piperazine rings is 1. The molecule has 1 saturated heterocycles. The normalized spacial score (nSPS) is 25.3. The minimum absolute atomic E-state index is 0.0398. The van der Waals surface area contributed by atoms with Crippen LogP contribution in [0, 0.1) is 0 Å². The predicted octanol–water partition coefficient (Wildman–Crippen LogP) is 3.18. The van der Waals surface area contributed by atoms with Crippen molar-refractivity contribution in [2.75, 3.05) is 19.6 Å². The van der Waals surface area contributed by atoms with Gasteiger partial charge in [0.2, 0.25) is 0 Å². The van der Waals surface area contributed by atoms with Crippen LogP contribution in [0.3, 0.4) is 0 Å². The Hall–Kier alpha value is -0.290. The van der Waals surface area contributed by atoms with E-state index in [1.54, 1.807) is 0 Å². The standard InChI is InChI=1S/C13H25F3N2/c1-4-12(5-2)10-17-11(3)9-18(12)8-6-7-13(14,15)16/h11,17H,4-10H2,1-3H3. The largest absolute Gasteiger partial charge is 0.389 e. The Morgan fingerprint density at radius 1 is 1.28 bits per heavy atom. The SMILES string of the molecule is CCC1(CC)CNC(C)CN1CCCC(F)(F)F. The van der Waals surface area contributed by atoms with Gasteiger partial charge in [-0.15, -0.1) is 0 Å². The van der Waals surface area contributed by atoms with Gasteiger partial charge in [-0.2, -0.15) is 13.2 Å². The van der Waals surface area contributed by atoms with E-state index in [0.29, 0.717) is 12.6 Å². The molecular weight excluding hydrogens is 241 g/mol. The summed E-state index contributed by atoms with van der Waals surface area (Å²) in [5, 5.41) is 3.45. The third kappa shape index (κ3) is 4.12. The molecule has 1 N–H and O–H groups in total. The third-order valence-electron chi connectivity index (χ3n) is 4.15. The van der Waals surface area contributed by atoms with Gasteiger partial charge in [-0.05, 0) is 32.7 Å². The molecule has 1 rings (SSSR count). The van der Waals surface area contributed by atoms with Crippen LogP contribution < -0.4 is 5.32 Å². The van der Waals surface area contributed by atoms with E-state index >= 15 is 0 Å². The first-order valence-corrected chi connectivity index (χ1v) is 6.88. The molecule has 1 aliphatic rings. The highest BCUT2D eigenvalue weighted by Gasteiger charge is 2.38. The molecule has 0 amide bonds. The lowest BCUT2D eigenvalue weighted by molar-refractivity contribution is -0.137. The van der Waals surface area contributed by atoms with Crippen molar-refractivity contribution in [3.63, 3.8) is 0 Å². The van der Waals surface area contributed by atoms with E-state index in [9.17, 15) is 13.2 Å². The summed E-state index contributed by atoms with van der Waals surface area (Å²) in [7, 11) is 0. The smallest absolute Gasteiger partial charge is 0.311 e. The van der Waals surface area contributed by atoms with E-state index in [2.05, 4.69) is 31.0 Å². The van der Waals surface area contributed by atoms with E-state index in [4.69, 9.17) is 0 Å². The molecule has 2 nitrogen and oxygen atoms in total. The first-order valence-electron chi connectivity index (χ1n) is 6.88. The first-order chi connectivity index (χ1) is 8.33. The van der Waals surface area contributed by atoms with Gasteiger partial charge < -0.3 is 5.32 Å². The minimum atomic E-state index is -4.03. The van der Waals surface area contributed by atoms with Crippen molar-refractivity contribution in [3.05, 3.63) is 0 Å². The molecule has 0 bridgehead atoms. The van der Waals surface area contributed by atoms with Gasteiger partial charge in [0.15, 0.2) is 0 Å². The fourth-order valence-electron chi connectivity index (χ4n) is 2.81. The summed E-state index contributed by atoms with van der Waals surface area (Å²) in [4.78, 5) is 2.26. The van der Waals surface area contributed by atoms with Crippen molar-refractivity contribution in [1.29, 1.82) is 0 Å². The lowest BCUT2D eigenvalue weighted by atomic mass is 9.87. The average molecular weight is 266 g/mol. The molecule has 18 heavy (non-hydrogen) atoms. The maximum Gasteiger partial charge on any atom is 0.389 e. The highest BCUT2D eigenvalue weighted by molar-refractivity contribution is 4.96. The number of alkyl halides is 3. The summed E-state index contributed by atoms with van der Waals surface area (Å²) >= 11 is 0. The lowest BCUT2D eigenvalue weighted by Gasteiger charge is -2.49. The highest BCUT2D eigenvalue weighted by Crippen LogP contribution is 2.28. The maximum atomic E-state index is 12.2. The van der Waals surface area contributed by atoms with Crippen molar-refractivity contribution in [2.45, 2.75) is 64.2 Å². The van der Waals surface area contributed by atoms with E-state index < -0.39 is 12.6 Å². The summed E-state index contributed by atoms with van der Waals surface area (Å²) in [6.45, 7) is 8.61. The fraction of sp³-hybridized carbons (Fsp3) is 1.00. The molecule has 1 atom stereocenters. The summed E-state index contributed by atoms with van der Waals surface area (Å²) in [5.41, 5.74) is 0.0398. The van der Waals surface area contributed by atoms with Gasteiger partial charge in [-0.3, -0.25) is 4.90 Å². The monoisotopic (exact) mass is 266 g/mol. The van der Waals surface area contributed by atoms with Crippen LogP contribution in [-0.4, -0.2) is 42.3 Å². The van der Waals surface area contributed by atoms with Gasteiger partial charge in [0, 0.05) is 31.1 Å². The Morgan fingerprint density at radius 2 is 1.89 bits per heavy atom. The average Bonchev–Trinajstić information content (AvgIpc) is 2.28. The third-order valence-corrected chi connectivity index (χ3v) is 4.15. The predicted molar refractivity (Wildman–Crippen MR) is 67.6 cm³/mol. The van der Waals surface area contributed by atoms with Crippen LogP contribution in [0.2, 0.25) is 0 Å². The molecule has 5 heteroatoms. The Bertz CT molecular complexity index is 249. The minimum Gasteiger partial charge on any atom is -0.311 e. The van der Waals surface area contributed by atoms with Crippen LogP contribution in [0.4, 0.5) is 13.2 Å². The van der Waals surface area contributed by atoms with Crippen molar-refractivity contribution in [1.82, 2.24) is 10.2 Å².